The van der Waals surface area contributed by atoms with E-state index in [0.29, 0.717) is 6.04 Å². The summed E-state index contributed by atoms with van der Waals surface area (Å²) < 4.78 is 5.49. The number of hydrogen-bond donors (Lipinski definition) is 1. The van der Waals surface area contributed by atoms with Gasteiger partial charge >= 0.3 is 0 Å². The molecule has 18 heavy (non-hydrogen) atoms. The summed E-state index contributed by atoms with van der Waals surface area (Å²) in [6.45, 7) is 5.51. The number of methoxy groups -OCH3 is 1. The SMILES string of the molecule is COc1ccccc1C(C(C)N)N1CCCC1C. The molecule has 3 unspecified atom stereocenters. The van der Waals surface area contributed by atoms with Crippen molar-refractivity contribution < 1.29 is 4.74 Å². The number of nitrogens with zero attached hydrogens (tertiary/aromatic N) is 1. The van der Waals surface area contributed by atoms with Crippen LogP contribution in [0.4, 0.5) is 0 Å². The van der Waals surface area contributed by atoms with E-state index in [2.05, 4.69) is 30.9 Å². The molecule has 1 aromatic carbocycles. The van der Waals surface area contributed by atoms with E-state index in [1.807, 2.05) is 12.1 Å². The molecule has 1 aliphatic heterocycles. The molecular formula is C15H24N2O. The molecule has 0 spiro atoms. The maximum atomic E-state index is 6.24. The Hall–Kier alpha value is -1.06. The van der Waals surface area contributed by atoms with E-state index in [1.165, 1.54) is 18.4 Å². The van der Waals surface area contributed by atoms with Gasteiger partial charge in [-0.15, -0.1) is 0 Å². The predicted molar refractivity (Wildman–Crippen MR) is 74.8 cm³/mol. The zero-order chi connectivity index (χ0) is 13.1. The molecule has 1 aromatic rings. The fraction of sp³-hybridized carbons (Fsp3) is 0.600. The van der Waals surface area contributed by atoms with E-state index in [1.54, 1.807) is 7.11 Å². The van der Waals surface area contributed by atoms with E-state index in [0.717, 1.165) is 12.3 Å². The molecule has 1 aliphatic rings. The smallest absolute Gasteiger partial charge is 0.123 e. The topological polar surface area (TPSA) is 38.5 Å². The van der Waals surface area contributed by atoms with Crippen LogP contribution < -0.4 is 10.5 Å². The van der Waals surface area contributed by atoms with Crippen LogP contribution in [0.5, 0.6) is 5.75 Å². The van der Waals surface area contributed by atoms with Gasteiger partial charge in [-0.3, -0.25) is 4.90 Å². The van der Waals surface area contributed by atoms with Crippen LogP contribution >= 0.6 is 0 Å². The number of hydrogen-bond acceptors (Lipinski definition) is 3. The van der Waals surface area contributed by atoms with E-state index >= 15 is 0 Å². The number of para-hydroxylation sites is 1. The first-order valence-corrected chi connectivity index (χ1v) is 6.79. The molecular weight excluding hydrogens is 224 g/mol. The average Bonchev–Trinajstić information content (AvgIpc) is 2.76. The number of rotatable bonds is 4. The third kappa shape index (κ3) is 2.52. The molecule has 2 rings (SSSR count). The Morgan fingerprint density at radius 3 is 2.67 bits per heavy atom. The first-order valence-electron chi connectivity index (χ1n) is 6.79. The minimum atomic E-state index is 0.0989. The molecule has 0 amide bonds. The van der Waals surface area contributed by atoms with E-state index in [4.69, 9.17) is 10.5 Å². The molecule has 1 fully saturated rings. The lowest BCUT2D eigenvalue weighted by molar-refractivity contribution is 0.167. The highest BCUT2D eigenvalue weighted by atomic mass is 16.5. The van der Waals surface area contributed by atoms with Crippen molar-refractivity contribution in [2.24, 2.45) is 5.73 Å². The summed E-state index contributed by atoms with van der Waals surface area (Å²) in [5.41, 5.74) is 7.45. The summed E-state index contributed by atoms with van der Waals surface area (Å²) in [5.74, 6) is 0.943. The molecule has 0 radical (unpaired) electrons. The highest BCUT2D eigenvalue weighted by molar-refractivity contribution is 5.37. The van der Waals surface area contributed by atoms with Gasteiger partial charge in [-0.1, -0.05) is 18.2 Å². The summed E-state index contributed by atoms with van der Waals surface area (Å²) in [5, 5.41) is 0. The third-order valence-electron chi connectivity index (χ3n) is 3.92. The maximum absolute atomic E-state index is 6.24. The summed E-state index contributed by atoms with van der Waals surface area (Å²) in [6.07, 6.45) is 2.53. The van der Waals surface area contributed by atoms with Gasteiger partial charge in [0.15, 0.2) is 0 Å². The molecule has 3 nitrogen and oxygen atoms in total. The molecule has 3 heteroatoms. The highest BCUT2D eigenvalue weighted by Gasteiger charge is 2.32. The third-order valence-corrected chi connectivity index (χ3v) is 3.92. The predicted octanol–water partition coefficient (Wildman–Crippen LogP) is 2.57. The van der Waals surface area contributed by atoms with Crippen LogP contribution in [-0.2, 0) is 0 Å². The van der Waals surface area contributed by atoms with Crippen LogP contribution in [0, 0.1) is 0 Å². The Morgan fingerprint density at radius 2 is 2.11 bits per heavy atom. The summed E-state index contributed by atoms with van der Waals surface area (Å²) in [6, 6.07) is 9.18. The Kier molecular flexibility index (Phi) is 4.25. The maximum Gasteiger partial charge on any atom is 0.123 e. The fourth-order valence-corrected chi connectivity index (χ4v) is 3.04. The lowest BCUT2D eigenvalue weighted by Gasteiger charge is -2.35. The van der Waals surface area contributed by atoms with Crippen LogP contribution in [-0.4, -0.2) is 30.6 Å². The number of ether oxygens (including phenoxy) is 1. The Balaban J connectivity index is 2.35. The minimum Gasteiger partial charge on any atom is -0.496 e. The molecule has 1 heterocycles. The summed E-state index contributed by atoms with van der Waals surface area (Å²) >= 11 is 0. The van der Waals surface area contributed by atoms with Gasteiger partial charge < -0.3 is 10.5 Å². The van der Waals surface area contributed by atoms with Gasteiger partial charge in [0.05, 0.1) is 13.2 Å². The molecule has 0 saturated carbocycles. The monoisotopic (exact) mass is 248 g/mol. The van der Waals surface area contributed by atoms with Gasteiger partial charge in [0.2, 0.25) is 0 Å². The van der Waals surface area contributed by atoms with Crippen LogP contribution in [0.1, 0.15) is 38.3 Å². The second-order valence-electron chi connectivity index (χ2n) is 5.27. The molecule has 0 aliphatic carbocycles. The Labute approximate surface area is 110 Å². The molecule has 1 saturated heterocycles. The van der Waals surface area contributed by atoms with Crippen molar-refractivity contribution in [2.45, 2.75) is 44.8 Å². The summed E-state index contributed by atoms with van der Waals surface area (Å²) in [4.78, 5) is 2.52. The quantitative estimate of drug-likeness (QED) is 0.890. The summed E-state index contributed by atoms with van der Waals surface area (Å²) in [7, 11) is 1.73. The van der Waals surface area contributed by atoms with Crippen LogP contribution in [0.3, 0.4) is 0 Å². The van der Waals surface area contributed by atoms with Crippen molar-refractivity contribution in [3.8, 4) is 5.75 Å². The van der Waals surface area contributed by atoms with Crippen molar-refractivity contribution in [3.63, 3.8) is 0 Å². The molecule has 2 N–H and O–H groups in total. The van der Waals surface area contributed by atoms with Crippen molar-refractivity contribution >= 4 is 0 Å². The lowest BCUT2D eigenvalue weighted by atomic mass is 9.97. The van der Waals surface area contributed by atoms with Crippen molar-refractivity contribution in [3.05, 3.63) is 29.8 Å². The Morgan fingerprint density at radius 1 is 1.39 bits per heavy atom. The first-order chi connectivity index (χ1) is 8.65. The standard InChI is InChI=1S/C15H24N2O/c1-11-7-6-10-17(11)15(12(2)16)13-8-4-5-9-14(13)18-3/h4-5,8-9,11-12,15H,6-7,10,16H2,1-3H3. The largest absolute Gasteiger partial charge is 0.496 e. The van der Waals surface area contributed by atoms with E-state index in [9.17, 15) is 0 Å². The second kappa shape index (κ2) is 5.72. The zero-order valence-electron chi connectivity index (χ0n) is 11.6. The first kappa shape index (κ1) is 13.4. The van der Waals surface area contributed by atoms with Crippen molar-refractivity contribution in [1.82, 2.24) is 4.90 Å². The second-order valence-corrected chi connectivity index (χ2v) is 5.27. The Bertz CT molecular complexity index is 392. The normalized spacial score (nSPS) is 23.9. The van der Waals surface area contributed by atoms with Gasteiger partial charge in [-0.05, 0) is 39.3 Å². The fourth-order valence-electron chi connectivity index (χ4n) is 3.04. The molecule has 3 atom stereocenters. The molecule has 0 bridgehead atoms. The molecule has 0 aromatic heterocycles. The van der Waals surface area contributed by atoms with Gasteiger partial charge in [0.1, 0.15) is 5.75 Å². The van der Waals surface area contributed by atoms with Gasteiger partial charge in [-0.2, -0.15) is 0 Å². The van der Waals surface area contributed by atoms with E-state index in [-0.39, 0.29) is 12.1 Å². The number of nitrogens with two attached hydrogens (primary N) is 1. The zero-order valence-corrected chi connectivity index (χ0v) is 11.6. The average molecular weight is 248 g/mol. The number of benzene rings is 1. The van der Waals surface area contributed by atoms with E-state index < -0.39 is 0 Å². The minimum absolute atomic E-state index is 0.0989. The van der Waals surface area contributed by atoms with Crippen LogP contribution in [0.2, 0.25) is 0 Å². The van der Waals surface area contributed by atoms with Gasteiger partial charge in [0.25, 0.3) is 0 Å². The number of likely N-dealkylation sites (tertiary alicyclic amines) is 1. The van der Waals surface area contributed by atoms with Crippen LogP contribution in [0.15, 0.2) is 24.3 Å². The lowest BCUT2D eigenvalue weighted by Crippen LogP contribution is -2.41. The van der Waals surface area contributed by atoms with Crippen LogP contribution in [0.25, 0.3) is 0 Å². The molecule has 100 valence electrons. The van der Waals surface area contributed by atoms with Gasteiger partial charge in [0, 0.05) is 17.6 Å². The van der Waals surface area contributed by atoms with Gasteiger partial charge in [-0.25, -0.2) is 0 Å². The van der Waals surface area contributed by atoms with Crippen molar-refractivity contribution in [2.75, 3.05) is 13.7 Å². The van der Waals surface area contributed by atoms with Crippen molar-refractivity contribution in [1.29, 1.82) is 0 Å². The highest BCUT2D eigenvalue weighted by Crippen LogP contribution is 2.35.